The summed E-state index contributed by atoms with van der Waals surface area (Å²) in [6, 6.07) is 17.7. The molecule has 26 heavy (non-hydrogen) atoms. The maximum atomic E-state index is 11.6. The predicted molar refractivity (Wildman–Crippen MR) is 104 cm³/mol. The van der Waals surface area contributed by atoms with Gasteiger partial charge >= 0.3 is 5.97 Å². The fraction of sp³-hybridized carbons (Fsp3) is 0.409. The number of aliphatic hydroxyl groups excluding tert-OH is 1. The number of nitrogens with one attached hydrogen (secondary N) is 1. The maximum Gasteiger partial charge on any atom is 0.313 e. The lowest BCUT2D eigenvalue weighted by molar-refractivity contribution is -0.137. The van der Waals surface area contributed by atoms with E-state index >= 15 is 0 Å². The van der Waals surface area contributed by atoms with E-state index < -0.39 is 6.10 Å². The first kappa shape index (κ1) is 20.1. The Morgan fingerprint density at radius 2 is 1.69 bits per heavy atom. The van der Waals surface area contributed by atoms with E-state index in [1.165, 1.54) is 5.56 Å². The molecule has 0 saturated heterocycles. The number of hydrogen-bond acceptors (Lipinski definition) is 4. The van der Waals surface area contributed by atoms with Crippen molar-refractivity contribution >= 4 is 5.97 Å². The first-order chi connectivity index (χ1) is 12.5. The van der Waals surface area contributed by atoms with E-state index in [9.17, 15) is 9.90 Å². The summed E-state index contributed by atoms with van der Waals surface area (Å²) >= 11 is 0. The maximum absolute atomic E-state index is 11.6. The highest BCUT2D eigenvalue weighted by Gasteiger charge is 2.11. The Labute approximate surface area is 156 Å². The van der Waals surface area contributed by atoms with Gasteiger partial charge in [-0.15, -0.1) is 0 Å². The van der Waals surface area contributed by atoms with Crippen molar-refractivity contribution in [2.45, 2.75) is 45.8 Å². The predicted octanol–water partition coefficient (Wildman–Crippen LogP) is 3.89. The van der Waals surface area contributed by atoms with Crippen LogP contribution in [0.15, 0.2) is 54.6 Å². The zero-order valence-corrected chi connectivity index (χ0v) is 15.8. The topological polar surface area (TPSA) is 58.6 Å². The standard InChI is InChI=1S/C22H29NO3/c1-16(2)22(25)26-20-13-11-18(12-14-20)10-9-17(3)23-15-21(24)19-7-5-4-6-8-19/h4-8,11-14,16-17,21,23-24H,9-10,15H2,1-3H3/t17-,21-/m1/s1. The third kappa shape index (κ3) is 6.62. The molecule has 2 N–H and O–H groups in total. The van der Waals surface area contributed by atoms with E-state index in [2.05, 4.69) is 12.2 Å². The van der Waals surface area contributed by atoms with Crippen LogP contribution in [0.5, 0.6) is 5.75 Å². The first-order valence-electron chi connectivity index (χ1n) is 9.22. The van der Waals surface area contributed by atoms with Gasteiger partial charge in [0.25, 0.3) is 0 Å². The summed E-state index contributed by atoms with van der Waals surface area (Å²) < 4.78 is 5.28. The van der Waals surface area contributed by atoms with Crippen LogP contribution in [-0.2, 0) is 11.2 Å². The summed E-state index contributed by atoms with van der Waals surface area (Å²) in [7, 11) is 0. The number of hydrogen-bond donors (Lipinski definition) is 2. The van der Waals surface area contributed by atoms with Gasteiger partial charge in [0, 0.05) is 12.6 Å². The Bertz CT molecular complexity index is 668. The molecule has 0 aromatic heterocycles. The lowest BCUT2D eigenvalue weighted by Gasteiger charge is -2.17. The van der Waals surface area contributed by atoms with Crippen molar-refractivity contribution in [3.8, 4) is 5.75 Å². The summed E-state index contributed by atoms with van der Waals surface area (Å²) in [6.45, 7) is 6.30. The fourth-order valence-electron chi connectivity index (χ4n) is 2.55. The van der Waals surface area contributed by atoms with Crippen LogP contribution < -0.4 is 10.1 Å². The van der Waals surface area contributed by atoms with Crippen molar-refractivity contribution in [2.24, 2.45) is 5.92 Å². The minimum absolute atomic E-state index is 0.132. The summed E-state index contributed by atoms with van der Waals surface area (Å²) in [5, 5.41) is 13.6. The first-order valence-corrected chi connectivity index (χ1v) is 9.22. The quantitative estimate of drug-likeness (QED) is 0.529. The highest BCUT2D eigenvalue weighted by Crippen LogP contribution is 2.16. The molecule has 0 radical (unpaired) electrons. The van der Waals surface area contributed by atoms with Gasteiger partial charge in [-0.3, -0.25) is 4.79 Å². The molecule has 0 spiro atoms. The van der Waals surface area contributed by atoms with Gasteiger partial charge in [0.1, 0.15) is 5.75 Å². The lowest BCUT2D eigenvalue weighted by atomic mass is 10.1. The highest BCUT2D eigenvalue weighted by molar-refractivity contribution is 5.74. The van der Waals surface area contributed by atoms with Gasteiger partial charge in [-0.2, -0.15) is 0 Å². The Morgan fingerprint density at radius 1 is 1.04 bits per heavy atom. The number of benzene rings is 2. The average Bonchev–Trinajstić information content (AvgIpc) is 2.66. The van der Waals surface area contributed by atoms with Crippen LogP contribution >= 0.6 is 0 Å². The number of carbonyl (C=O) groups is 1. The van der Waals surface area contributed by atoms with Gasteiger partial charge in [-0.25, -0.2) is 0 Å². The molecule has 2 rings (SSSR count). The molecule has 2 aromatic carbocycles. The van der Waals surface area contributed by atoms with Crippen molar-refractivity contribution in [3.05, 3.63) is 65.7 Å². The van der Waals surface area contributed by atoms with Crippen molar-refractivity contribution in [2.75, 3.05) is 6.54 Å². The summed E-state index contributed by atoms with van der Waals surface area (Å²) in [5.41, 5.74) is 2.13. The Morgan fingerprint density at radius 3 is 2.31 bits per heavy atom. The average molecular weight is 355 g/mol. The zero-order valence-electron chi connectivity index (χ0n) is 15.8. The molecule has 2 atom stereocenters. The van der Waals surface area contributed by atoms with Gasteiger partial charge in [0.2, 0.25) is 0 Å². The minimum atomic E-state index is -0.492. The van der Waals surface area contributed by atoms with E-state index in [1.54, 1.807) is 0 Å². The molecule has 0 unspecified atom stereocenters. The second-order valence-electron chi connectivity index (χ2n) is 6.99. The van der Waals surface area contributed by atoms with Gasteiger partial charge in [0.05, 0.1) is 12.0 Å². The number of aliphatic hydroxyl groups is 1. The Kier molecular flexibility index (Phi) is 7.82. The van der Waals surface area contributed by atoms with Crippen LogP contribution in [-0.4, -0.2) is 23.7 Å². The third-order valence-electron chi connectivity index (χ3n) is 4.32. The molecule has 0 bridgehead atoms. The number of esters is 1. The Hall–Kier alpha value is -2.17. The number of carbonyl (C=O) groups excluding carboxylic acids is 1. The van der Waals surface area contributed by atoms with Crippen molar-refractivity contribution in [3.63, 3.8) is 0 Å². The summed E-state index contributed by atoms with van der Waals surface area (Å²) in [4.78, 5) is 11.6. The molecule has 2 aromatic rings. The molecule has 0 heterocycles. The normalized spacial score (nSPS) is 13.4. The van der Waals surface area contributed by atoms with Crippen LogP contribution in [0.3, 0.4) is 0 Å². The van der Waals surface area contributed by atoms with Crippen molar-refractivity contribution in [1.29, 1.82) is 0 Å². The SMILES string of the molecule is CC(C)C(=O)Oc1ccc(CC[C@@H](C)NC[C@@H](O)c2ccccc2)cc1. The van der Waals surface area contributed by atoms with Crippen molar-refractivity contribution < 1.29 is 14.6 Å². The van der Waals surface area contributed by atoms with Crippen LogP contribution in [0.4, 0.5) is 0 Å². The smallest absolute Gasteiger partial charge is 0.313 e. The lowest BCUT2D eigenvalue weighted by Crippen LogP contribution is -2.30. The molecule has 0 saturated carbocycles. The largest absolute Gasteiger partial charge is 0.426 e. The number of ether oxygens (including phenoxy) is 1. The van der Waals surface area contributed by atoms with Gasteiger partial charge in [0.15, 0.2) is 0 Å². The Balaban J connectivity index is 1.73. The second kappa shape index (κ2) is 10.1. The van der Waals surface area contributed by atoms with E-state index in [1.807, 2.05) is 68.4 Å². The molecule has 0 aliphatic heterocycles. The zero-order chi connectivity index (χ0) is 18.9. The molecular formula is C22H29NO3. The van der Waals surface area contributed by atoms with Gasteiger partial charge in [-0.1, -0.05) is 56.3 Å². The molecule has 140 valence electrons. The van der Waals surface area contributed by atoms with Crippen molar-refractivity contribution in [1.82, 2.24) is 5.32 Å². The monoisotopic (exact) mass is 355 g/mol. The van der Waals surface area contributed by atoms with E-state index in [4.69, 9.17) is 4.74 Å². The van der Waals surface area contributed by atoms with E-state index in [0.717, 1.165) is 18.4 Å². The molecule has 4 nitrogen and oxygen atoms in total. The number of rotatable bonds is 9. The molecule has 0 aliphatic carbocycles. The molecule has 4 heteroatoms. The number of aryl methyl sites for hydroxylation is 1. The van der Waals surface area contributed by atoms with Crippen LogP contribution in [0.1, 0.15) is 44.4 Å². The van der Waals surface area contributed by atoms with E-state index in [0.29, 0.717) is 18.3 Å². The fourth-order valence-corrected chi connectivity index (χ4v) is 2.55. The van der Waals surface area contributed by atoms with Gasteiger partial charge in [-0.05, 0) is 43.0 Å². The second-order valence-corrected chi connectivity index (χ2v) is 6.99. The molecule has 0 aliphatic rings. The summed E-state index contributed by atoms with van der Waals surface area (Å²) in [5.74, 6) is 0.241. The minimum Gasteiger partial charge on any atom is -0.426 e. The van der Waals surface area contributed by atoms with Gasteiger partial charge < -0.3 is 15.2 Å². The third-order valence-corrected chi connectivity index (χ3v) is 4.32. The van der Waals surface area contributed by atoms with Crippen LogP contribution in [0, 0.1) is 5.92 Å². The van der Waals surface area contributed by atoms with Crippen LogP contribution in [0.25, 0.3) is 0 Å². The van der Waals surface area contributed by atoms with E-state index in [-0.39, 0.29) is 11.9 Å². The summed E-state index contributed by atoms with van der Waals surface area (Å²) in [6.07, 6.45) is 1.40. The van der Waals surface area contributed by atoms with Crippen LogP contribution in [0.2, 0.25) is 0 Å². The molecular weight excluding hydrogens is 326 g/mol. The molecule has 0 amide bonds. The highest BCUT2D eigenvalue weighted by atomic mass is 16.5. The molecule has 0 fully saturated rings.